The highest BCUT2D eigenvalue weighted by molar-refractivity contribution is 5.66. The van der Waals surface area contributed by atoms with Crippen LogP contribution in [0.15, 0.2) is 0 Å². The Morgan fingerprint density at radius 3 is 2.06 bits per heavy atom. The molecule has 0 amide bonds. The lowest BCUT2D eigenvalue weighted by Crippen LogP contribution is -2.25. The summed E-state index contributed by atoms with van der Waals surface area (Å²) in [6.07, 6.45) is -1.48. The Morgan fingerprint density at radius 2 is 1.62 bits per heavy atom. The smallest absolute Gasteiger partial charge is 0.303 e. The van der Waals surface area contributed by atoms with Crippen LogP contribution in [-0.4, -0.2) is 33.4 Å². The minimum atomic E-state index is -2.24. The van der Waals surface area contributed by atoms with Gasteiger partial charge in [0.05, 0.1) is 14.9 Å². The van der Waals surface area contributed by atoms with Gasteiger partial charge in [0.25, 0.3) is 0 Å². The van der Waals surface area contributed by atoms with Gasteiger partial charge in [-0.05, 0) is 19.3 Å². The minimum Gasteiger partial charge on any atom is -0.481 e. The Hall–Kier alpha value is -0.610. The molecule has 0 aliphatic carbocycles. The molecule has 3 N–H and O–H groups in total. The highest BCUT2D eigenvalue weighted by atomic mass is 16.4. The Labute approximate surface area is 100 Å². The Bertz CT molecular complexity index is 254. The first-order valence-electron chi connectivity index (χ1n) is 6.89. The fourth-order valence-corrected chi connectivity index (χ4v) is 1.40. The lowest BCUT2D eigenvalue weighted by Gasteiger charge is -2.17. The Kier molecular flexibility index (Phi) is 7.12. The fraction of sp³-hybridized carbons (Fsp3) is 0.917. The van der Waals surface area contributed by atoms with E-state index in [0.29, 0.717) is 19.3 Å². The number of carbonyl (C=O) groups is 1. The molecule has 0 radical (unpaired) electrons. The third kappa shape index (κ3) is 8.68. The van der Waals surface area contributed by atoms with Crippen LogP contribution < -0.4 is 0 Å². The van der Waals surface area contributed by atoms with E-state index in [4.69, 9.17) is 7.85 Å². The summed E-state index contributed by atoms with van der Waals surface area (Å²) >= 11 is 0. The lowest BCUT2D eigenvalue weighted by molar-refractivity contribution is -0.137. The first-order valence-corrected chi connectivity index (χ1v) is 5.89. The van der Waals surface area contributed by atoms with E-state index >= 15 is 0 Å². The summed E-state index contributed by atoms with van der Waals surface area (Å²) in [6.45, 7) is 1.99. The van der Waals surface area contributed by atoms with E-state index in [1.54, 1.807) is 0 Å². The van der Waals surface area contributed by atoms with E-state index in [2.05, 4.69) is 0 Å². The van der Waals surface area contributed by atoms with Gasteiger partial charge in [0, 0.05) is 6.42 Å². The maximum Gasteiger partial charge on any atom is 0.303 e. The number of aliphatic carboxylic acids is 1. The van der Waals surface area contributed by atoms with Gasteiger partial charge in [0.15, 0.2) is 0 Å². The standard InChI is InChI=1S/C12H24O4/c1-2-3-4-7-10(13)11(14)8-5-6-9-12(15)16/h10-11,13-14H,2-9H2,1H3,(H,15,16)/t10-,11-/m0/s1/i10D,11D. The number of aliphatic hydroxyl groups is 2. The molecule has 0 aromatic rings. The van der Waals surface area contributed by atoms with Crippen molar-refractivity contribution in [1.29, 1.82) is 0 Å². The maximum atomic E-state index is 10.3. The molecule has 0 spiro atoms. The summed E-state index contributed by atoms with van der Waals surface area (Å²) < 4.78 is 15.2. The van der Waals surface area contributed by atoms with E-state index in [9.17, 15) is 15.0 Å². The van der Waals surface area contributed by atoms with E-state index in [-0.39, 0.29) is 19.3 Å². The molecule has 0 bridgehead atoms. The van der Waals surface area contributed by atoms with Crippen LogP contribution >= 0.6 is 0 Å². The van der Waals surface area contributed by atoms with Gasteiger partial charge in [-0.3, -0.25) is 4.79 Å². The van der Waals surface area contributed by atoms with E-state index < -0.39 is 18.1 Å². The topological polar surface area (TPSA) is 77.8 Å². The summed E-state index contributed by atoms with van der Waals surface area (Å²) in [4.78, 5) is 10.3. The minimum absolute atomic E-state index is 0.0255. The van der Waals surface area contributed by atoms with Gasteiger partial charge < -0.3 is 15.3 Å². The molecule has 16 heavy (non-hydrogen) atoms. The van der Waals surface area contributed by atoms with Gasteiger partial charge >= 0.3 is 5.97 Å². The lowest BCUT2D eigenvalue weighted by atomic mass is 10.0. The summed E-state index contributed by atoms with van der Waals surface area (Å²) in [6, 6.07) is 0. The van der Waals surface area contributed by atoms with Gasteiger partial charge in [-0.15, -0.1) is 0 Å². The molecule has 0 aromatic carbocycles. The van der Waals surface area contributed by atoms with Crippen LogP contribution in [0.1, 0.15) is 61.0 Å². The highest BCUT2D eigenvalue weighted by Gasteiger charge is 2.15. The zero-order valence-electron chi connectivity index (χ0n) is 11.9. The summed E-state index contributed by atoms with van der Waals surface area (Å²) in [5.74, 6) is -0.924. The van der Waals surface area contributed by atoms with Crippen molar-refractivity contribution >= 4 is 5.97 Å². The predicted octanol–water partition coefficient (Wildman–Crippen LogP) is 1.93. The molecule has 4 heteroatoms. The number of hydrogen-bond donors (Lipinski definition) is 3. The number of unbranched alkanes of at least 4 members (excludes halogenated alkanes) is 3. The van der Waals surface area contributed by atoms with Crippen molar-refractivity contribution in [1.82, 2.24) is 0 Å². The first-order chi connectivity index (χ1) is 8.23. The average molecular weight is 234 g/mol. The Balaban J connectivity index is 4.10. The summed E-state index contributed by atoms with van der Waals surface area (Å²) in [5, 5.41) is 28.0. The zero-order valence-corrected chi connectivity index (χ0v) is 9.91. The molecule has 0 aromatic heterocycles. The van der Waals surface area contributed by atoms with Crippen molar-refractivity contribution in [3.05, 3.63) is 0 Å². The number of carboxylic acid groups (broad SMARTS) is 1. The number of hydrogen-bond acceptors (Lipinski definition) is 3. The molecule has 2 atom stereocenters. The molecule has 0 aliphatic rings. The van der Waals surface area contributed by atoms with Gasteiger partial charge in [0.1, 0.15) is 0 Å². The van der Waals surface area contributed by atoms with Crippen LogP contribution in [0.2, 0.25) is 0 Å². The summed E-state index contributed by atoms with van der Waals surface area (Å²) in [5.41, 5.74) is 0. The second-order valence-corrected chi connectivity index (χ2v) is 3.95. The van der Waals surface area contributed by atoms with Crippen LogP contribution in [-0.2, 0) is 4.79 Å². The monoisotopic (exact) mass is 234 g/mol. The summed E-state index contributed by atoms with van der Waals surface area (Å²) in [7, 11) is 0. The van der Waals surface area contributed by atoms with Crippen LogP contribution in [0.5, 0.6) is 0 Å². The highest BCUT2D eigenvalue weighted by Crippen LogP contribution is 2.12. The molecule has 0 unspecified atom stereocenters. The van der Waals surface area contributed by atoms with Crippen LogP contribution in [0.3, 0.4) is 0 Å². The van der Waals surface area contributed by atoms with Crippen molar-refractivity contribution in [2.45, 2.75) is 70.5 Å². The molecule has 0 fully saturated rings. The van der Waals surface area contributed by atoms with Gasteiger partial charge in [-0.2, -0.15) is 0 Å². The van der Waals surface area contributed by atoms with Gasteiger partial charge in [-0.25, -0.2) is 0 Å². The molecular weight excluding hydrogens is 208 g/mol. The van der Waals surface area contributed by atoms with Crippen molar-refractivity contribution in [3.8, 4) is 0 Å². The quantitative estimate of drug-likeness (QED) is 0.505. The van der Waals surface area contributed by atoms with Crippen molar-refractivity contribution in [2.24, 2.45) is 0 Å². The molecule has 0 rings (SSSR count). The third-order valence-electron chi connectivity index (χ3n) is 2.40. The largest absolute Gasteiger partial charge is 0.481 e. The van der Waals surface area contributed by atoms with E-state index in [1.165, 1.54) is 0 Å². The first kappa shape index (κ1) is 11.9. The maximum absolute atomic E-state index is 10.3. The SMILES string of the molecule is [2H][C@](O)(CCCCC)[C@@]([2H])(O)CCCCC(=O)O. The molecule has 0 saturated carbocycles. The second-order valence-electron chi connectivity index (χ2n) is 3.95. The molecule has 4 nitrogen and oxygen atoms in total. The molecule has 96 valence electrons. The van der Waals surface area contributed by atoms with E-state index in [0.717, 1.165) is 12.8 Å². The number of carboxylic acids is 1. The van der Waals surface area contributed by atoms with Gasteiger partial charge in [-0.1, -0.05) is 32.6 Å². The average Bonchev–Trinajstić information content (AvgIpc) is 2.24. The molecule has 0 aliphatic heterocycles. The third-order valence-corrected chi connectivity index (χ3v) is 2.40. The van der Waals surface area contributed by atoms with Crippen molar-refractivity contribution in [2.75, 3.05) is 0 Å². The van der Waals surface area contributed by atoms with Crippen molar-refractivity contribution in [3.63, 3.8) is 0 Å². The zero-order chi connectivity index (χ0) is 14.2. The van der Waals surface area contributed by atoms with Crippen LogP contribution in [0, 0.1) is 0 Å². The normalized spacial score (nSPS) is 20.4. The molecule has 0 heterocycles. The van der Waals surface area contributed by atoms with Crippen molar-refractivity contribution < 1.29 is 22.9 Å². The predicted molar refractivity (Wildman–Crippen MR) is 62.3 cm³/mol. The van der Waals surface area contributed by atoms with E-state index in [1.807, 2.05) is 6.92 Å². The van der Waals surface area contributed by atoms with Crippen LogP contribution in [0.4, 0.5) is 0 Å². The fourth-order valence-electron chi connectivity index (χ4n) is 1.40. The Morgan fingerprint density at radius 1 is 1.12 bits per heavy atom. The molecule has 0 saturated heterocycles. The second kappa shape index (κ2) is 9.60. The van der Waals surface area contributed by atoms with Crippen LogP contribution in [0.25, 0.3) is 0 Å². The molecular formula is C12H24O4. The number of rotatable bonds is 10. The van der Waals surface area contributed by atoms with Gasteiger partial charge in [0.2, 0.25) is 0 Å².